The predicted octanol–water partition coefficient (Wildman–Crippen LogP) is 1.06. The molecule has 1 aliphatic heterocycles. The molecule has 6 nitrogen and oxygen atoms in total. The number of aliphatic carboxylic acids is 1. The van der Waals surface area contributed by atoms with Gasteiger partial charge in [-0.1, -0.05) is 0 Å². The molecule has 2 N–H and O–H groups in total. The first-order valence-corrected chi connectivity index (χ1v) is 7.03. The SMILES string of the molecule is O=C(O)[C@@H]1CCCN1C(=O)NCCCOCC1CC1. The molecule has 6 heteroatoms. The quantitative estimate of drug-likeness (QED) is 0.678. The van der Waals surface area contributed by atoms with Crippen LogP contribution in [0.4, 0.5) is 4.79 Å². The van der Waals surface area contributed by atoms with Gasteiger partial charge < -0.3 is 20.1 Å². The van der Waals surface area contributed by atoms with Crippen LogP contribution in [-0.2, 0) is 9.53 Å². The Morgan fingerprint density at radius 1 is 1.32 bits per heavy atom. The van der Waals surface area contributed by atoms with E-state index in [1.165, 1.54) is 17.7 Å². The van der Waals surface area contributed by atoms with Crippen LogP contribution >= 0.6 is 0 Å². The van der Waals surface area contributed by atoms with Crippen molar-refractivity contribution in [2.75, 3.05) is 26.3 Å². The molecule has 1 atom stereocenters. The van der Waals surface area contributed by atoms with Crippen LogP contribution < -0.4 is 5.32 Å². The molecule has 0 bridgehead atoms. The van der Waals surface area contributed by atoms with Crippen LogP contribution in [0.1, 0.15) is 32.1 Å². The number of likely N-dealkylation sites (tertiary alicyclic amines) is 1. The monoisotopic (exact) mass is 270 g/mol. The molecule has 2 aliphatic rings. The van der Waals surface area contributed by atoms with E-state index >= 15 is 0 Å². The van der Waals surface area contributed by atoms with Crippen molar-refractivity contribution in [3.63, 3.8) is 0 Å². The topological polar surface area (TPSA) is 78.9 Å². The fourth-order valence-electron chi connectivity index (χ4n) is 2.27. The average Bonchev–Trinajstić information content (AvgIpc) is 3.06. The van der Waals surface area contributed by atoms with Gasteiger partial charge in [-0.05, 0) is 38.0 Å². The minimum Gasteiger partial charge on any atom is -0.480 e. The molecule has 1 aliphatic carbocycles. The lowest BCUT2D eigenvalue weighted by Crippen LogP contribution is -2.46. The zero-order chi connectivity index (χ0) is 13.7. The molecule has 2 fully saturated rings. The van der Waals surface area contributed by atoms with Gasteiger partial charge >= 0.3 is 12.0 Å². The van der Waals surface area contributed by atoms with Crippen LogP contribution in [0.25, 0.3) is 0 Å². The maximum Gasteiger partial charge on any atom is 0.326 e. The second kappa shape index (κ2) is 6.75. The minimum atomic E-state index is -0.916. The number of urea groups is 1. The second-order valence-electron chi connectivity index (χ2n) is 5.29. The smallest absolute Gasteiger partial charge is 0.326 e. The Morgan fingerprint density at radius 3 is 2.79 bits per heavy atom. The summed E-state index contributed by atoms with van der Waals surface area (Å²) in [6.45, 7) is 2.55. The molecule has 0 radical (unpaired) electrons. The van der Waals surface area contributed by atoms with Gasteiger partial charge in [-0.15, -0.1) is 0 Å². The predicted molar refractivity (Wildman–Crippen MR) is 68.9 cm³/mol. The number of hydrogen-bond acceptors (Lipinski definition) is 3. The molecule has 0 aromatic rings. The Labute approximate surface area is 113 Å². The van der Waals surface area contributed by atoms with Crippen molar-refractivity contribution in [2.45, 2.75) is 38.1 Å². The molecule has 1 saturated carbocycles. The van der Waals surface area contributed by atoms with E-state index in [-0.39, 0.29) is 6.03 Å². The van der Waals surface area contributed by atoms with Crippen molar-refractivity contribution in [3.05, 3.63) is 0 Å². The molecular formula is C13H22N2O4. The van der Waals surface area contributed by atoms with Crippen LogP contribution in [0.2, 0.25) is 0 Å². The third kappa shape index (κ3) is 4.38. The molecule has 108 valence electrons. The number of carboxylic acids is 1. The van der Waals surface area contributed by atoms with Gasteiger partial charge in [0.25, 0.3) is 0 Å². The standard InChI is InChI=1S/C13H22N2O4/c16-12(17)11-3-1-7-15(11)13(18)14-6-2-8-19-9-10-4-5-10/h10-11H,1-9H2,(H,14,18)(H,16,17)/t11-/m0/s1. The first-order valence-electron chi connectivity index (χ1n) is 7.03. The fourth-order valence-corrected chi connectivity index (χ4v) is 2.27. The maximum absolute atomic E-state index is 11.8. The van der Waals surface area contributed by atoms with Crippen LogP contribution in [0, 0.1) is 5.92 Å². The number of carbonyl (C=O) groups excluding carboxylic acids is 1. The van der Waals surface area contributed by atoms with Gasteiger partial charge in [0.1, 0.15) is 6.04 Å². The number of nitrogens with zero attached hydrogens (tertiary/aromatic N) is 1. The number of nitrogens with one attached hydrogen (secondary N) is 1. The van der Waals surface area contributed by atoms with Crippen molar-refractivity contribution < 1.29 is 19.4 Å². The fraction of sp³-hybridized carbons (Fsp3) is 0.846. The van der Waals surface area contributed by atoms with E-state index in [0.29, 0.717) is 26.1 Å². The van der Waals surface area contributed by atoms with Gasteiger partial charge in [0, 0.05) is 26.3 Å². The van der Waals surface area contributed by atoms with Gasteiger partial charge in [-0.2, -0.15) is 0 Å². The van der Waals surface area contributed by atoms with Gasteiger partial charge in [0.15, 0.2) is 0 Å². The number of carboxylic acid groups (broad SMARTS) is 1. The highest BCUT2D eigenvalue weighted by molar-refractivity contribution is 5.83. The summed E-state index contributed by atoms with van der Waals surface area (Å²) >= 11 is 0. The maximum atomic E-state index is 11.8. The molecule has 1 saturated heterocycles. The lowest BCUT2D eigenvalue weighted by molar-refractivity contribution is -0.141. The third-order valence-corrected chi connectivity index (χ3v) is 3.59. The summed E-state index contributed by atoms with van der Waals surface area (Å²) in [5, 5.41) is 11.7. The van der Waals surface area contributed by atoms with Crippen LogP contribution in [-0.4, -0.2) is 54.4 Å². The van der Waals surface area contributed by atoms with E-state index in [1.54, 1.807) is 0 Å². The summed E-state index contributed by atoms with van der Waals surface area (Å²) in [6.07, 6.45) is 4.64. The highest BCUT2D eigenvalue weighted by atomic mass is 16.5. The van der Waals surface area contributed by atoms with E-state index in [0.717, 1.165) is 25.4 Å². The summed E-state index contributed by atoms with van der Waals surface area (Å²) in [7, 11) is 0. The molecule has 0 aromatic heterocycles. The first kappa shape index (κ1) is 14.1. The molecule has 1 heterocycles. The summed E-state index contributed by atoms with van der Waals surface area (Å²) < 4.78 is 5.47. The highest BCUT2D eigenvalue weighted by Gasteiger charge is 2.33. The Balaban J connectivity index is 1.56. The Bertz CT molecular complexity index is 331. The van der Waals surface area contributed by atoms with E-state index < -0.39 is 12.0 Å². The van der Waals surface area contributed by atoms with Crippen molar-refractivity contribution in [1.29, 1.82) is 0 Å². The van der Waals surface area contributed by atoms with E-state index in [9.17, 15) is 9.59 Å². The van der Waals surface area contributed by atoms with Crippen LogP contribution in [0.3, 0.4) is 0 Å². The average molecular weight is 270 g/mol. The van der Waals surface area contributed by atoms with Crippen LogP contribution in [0.5, 0.6) is 0 Å². The molecule has 0 aromatic carbocycles. The number of rotatable bonds is 7. The number of ether oxygens (including phenoxy) is 1. The summed E-state index contributed by atoms with van der Waals surface area (Å²) in [5.41, 5.74) is 0. The summed E-state index contributed by atoms with van der Waals surface area (Å²) in [6, 6.07) is -0.932. The second-order valence-corrected chi connectivity index (χ2v) is 5.29. The number of hydrogen-bond donors (Lipinski definition) is 2. The molecule has 2 amide bonds. The van der Waals surface area contributed by atoms with Crippen molar-refractivity contribution >= 4 is 12.0 Å². The van der Waals surface area contributed by atoms with E-state index in [1.807, 2.05) is 0 Å². The minimum absolute atomic E-state index is 0.271. The van der Waals surface area contributed by atoms with Gasteiger partial charge in [0.05, 0.1) is 0 Å². The normalized spacial score (nSPS) is 22.5. The van der Waals surface area contributed by atoms with Gasteiger partial charge in [0.2, 0.25) is 0 Å². The lowest BCUT2D eigenvalue weighted by atomic mass is 10.2. The highest BCUT2D eigenvalue weighted by Crippen LogP contribution is 2.28. The van der Waals surface area contributed by atoms with E-state index in [2.05, 4.69) is 5.32 Å². The molecule has 2 rings (SSSR count). The summed E-state index contributed by atoms with van der Waals surface area (Å²) in [5.74, 6) is -0.157. The largest absolute Gasteiger partial charge is 0.480 e. The zero-order valence-electron chi connectivity index (χ0n) is 11.1. The molecule has 19 heavy (non-hydrogen) atoms. The molecular weight excluding hydrogens is 248 g/mol. The van der Waals surface area contributed by atoms with Crippen molar-refractivity contribution in [2.24, 2.45) is 5.92 Å². The first-order chi connectivity index (χ1) is 9.18. The molecule has 0 spiro atoms. The van der Waals surface area contributed by atoms with E-state index in [4.69, 9.17) is 9.84 Å². The number of carbonyl (C=O) groups is 2. The Morgan fingerprint density at radius 2 is 2.11 bits per heavy atom. The lowest BCUT2D eigenvalue weighted by Gasteiger charge is -2.21. The Kier molecular flexibility index (Phi) is 5.01. The van der Waals surface area contributed by atoms with Gasteiger partial charge in [-0.25, -0.2) is 9.59 Å². The Hall–Kier alpha value is -1.30. The van der Waals surface area contributed by atoms with Gasteiger partial charge in [-0.3, -0.25) is 0 Å². The van der Waals surface area contributed by atoms with Crippen molar-refractivity contribution in [3.8, 4) is 0 Å². The summed E-state index contributed by atoms with van der Waals surface area (Å²) in [4.78, 5) is 24.2. The van der Waals surface area contributed by atoms with Crippen molar-refractivity contribution in [1.82, 2.24) is 10.2 Å². The third-order valence-electron chi connectivity index (χ3n) is 3.59. The molecule has 0 unspecified atom stereocenters. The zero-order valence-corrected chi connectivity index (χ0v) is 11.1. The van der Waals surface area contributed by atoms with Crippen LogP contribution in [0.15, 0.2) is 0 Å². The number of amides is 2.